The molecule has 2 aliphatic rings. The summed E-state index contributed by atoms with van der Waals surface area (Å²) < 4.78 is 0. The maximum Gasteiger partial charge on any atom is 0.225 e. The number of alkyl halides is 1. The number of amides is 1. The van der Waals surface area contributed by atoms with E-state index in [0.29, 0.717) is 23.7 Å². The minimum absolute atomic E-state index is 0.319. The molecule has 0 aromatic rings. The molecule has 98 valence electrons. The van der Waals surface area contributed by atoms with Crippen LogP contribution in [0.15, 0.2) is 0 Å². The van der Waals surface area contributed by atoms with Gasteiger partial charge in [-0.1, -0.05) is 19.3 Å². The Hall–Kier alpha value is -0.240. The quantitative estimate of drug-likeness (QED) is 0.708. The smallest absolute Gasteiger partial charge is 0.225 e. The zero-order chi connectivity index (χ0) is 12.1. The maximum atomic E-state index is 12.5. The number of piperidine rings is 1. The molecular formula is C14H24ClNO. The molecule has 1 saturated carbocycles. The molecule has 2 fully saturated rings. The van der Waals surface area contributed by atoms with Crippen LogP contribution in [0, 0.1) is 5.92 Å². The highest BCUT2D eigenvalue weighted by molar-refractivity contribution is 6.17. The number of rotatable bonds is 3. The number of hydrogen-bond donors (Lipinski definition) is 0. The van der Waals surface area contributed by atoms with Crippen LogP contribution in [0.4, 0.5) is 0 Å². The van der Waals surface area contributed by atoms with Gasteiger partial charge in [-0.05, 0) is 38.5 Å². The number of likely N-dealkylation sites (tertiary alicyclic amines) is 1. The molecule has 2 rings (SSSR count). The van der Waals surface area contributed by atoms with Gasteiger partial charge in [-0.15, -0.1) is 11.6 Å². The molecule has 0 aromatic carbocycles. The highest BCUT2D eigenvalue weighted by atomic mass is 35.5. The van der Waals surface area contributed by atoms with Crippen molar-refractivity contribution in [2.75, 3.05) is 12.4 Å². The standard InChI is InChI=1S/C14H24ClNO/c15-10-9-13-8-4-5-11-16(13)14(17)12-6-2-1-3-7-12/h12-13H,1-11H2. The predicted molar refractivity (Wildman–Crippen MR) is 71.3 cm³/mol. The summed E-state index contributed by atoms with van der Waals surface area (Å²) in [6.45, 7) is 0.969. The Labute approximate surface area is 110 Å². The SMILES string of the molecule is O=C(C1CCCCC1)N1CCCCC1CCCl. The van der Waals surface area contributed by atoms with Crippen LogP contribution in [0.2, 0.25) is 0 Å². The second-order valence-electron chi connectivity index (χ2n) is 5.49. The van der Waals surface area contributed by atoms with Crippen LogP contribution in [-0.4, -0.2) is 29.3 Å². The fourth-order valence-electron chi connectivity index (χ4n) is 3.30. The third kappa shape index (κ3) is 3.37. The number of hydrogen-bond acceptors (Lipinski definition) is 1. The van der Waals surface area contributed by atoms with Crippen LogP contribution in [0.1, 0.15) is 57.8 Å². The molecule has 0 spiro atoms. The Morgan fingerprint density at radius 1 is 1.06 bits per heavy atom. The van der Waals surface area contributed by atoms with E-state index in [-0.39, 0.29) is 0 Å². The summed E-state index contributed by atoms with van der Waals surface area (Å²) in [5.41, 5.74) is 0. The van der Waals surface area contributed by atoms with E-state index in [2.05, 4.69) is 4.90 Å². The summed E-state index contributed by atoms with van der Waals surface area (Å²) in [6, 6.07) is 0.427. The normalized spacial score (nSPS) is 27.1. The summed E-state index contributed by atoms with van der Waals surface area (Å²) in [4.78, 5) is 14.7. The van der Waals surface area contributed by atoms with Gasteiger partial charge >= 0.3 is 0 Å². The number of halogens is 1. The van der Waals surface area contributed by atoms with Gasteiger partial charge in [-0.2, -0.15) is 0 Å². The van der Waals surface area contributed by atoms with Crippen molar-refractivity contribution in [1.82, 2.24) is 4.90 Å². The first kappa shape index (κ1) is 13.2. The lowest BCUT2D eigenvalue weighted by Gasteiger charge is -2.38. The Morgan fingerprint density at radius 2 is 1.76 bits per heavy atom. The number of carbonyl (C=O) groups is 1. The molecular weight excluding hydrogens is 234 g/mol. The Balaban J connectivity index is 1.94. The van der Waals surface area contributed by atoms with Gasteiger partial charge in [0.25, 0.3) is 0 Å². The third-order valence-corrected chi connectivity index (χ3v) is 4.53. The maximum absolute atomic E-state index is 12.5. The van der Waals surface area contributed by atoms with Crippen molar-refractivity contribution in [3.05, 3.63) is 0 Å². The van der Waals surface area contributed by atoms with Crippen LogP contribution in [0.5, 0.6) is 0 Å². The van der Waals surface area contributed by atoms with Gasteiger partial charge in [-0.3, -0.25) is 4.79 Å². The predicted octanol–water partition coefficient (Wildman–Crippen LogP) is 3.58. The van der Waals surface area contributed by atoms with Crippen LogP contribution in [-0.2, 0) is 4.79 Å². The first-order chi connectivity index (χ1) is 8.33. The van der Waals surface area contributed by atoms with Crippen molar-refractivity contribution in [3.8, 4) is 0 Å². The van der Waals surface area contributed by atoms with E-state index in [0.717, 1.165) is 32.2 Å². The van der Waals surface area contributed by atoms with Gasteiger partial charge in [-0.25, -0.2) is 0 Å². The summed E-state index contributed by atoms with van der Waals surface area (Å²) >= 11 is 5.85. The first-order valence-corrected chi connectivity index (χ1v) is 7.73. The highest BCUT2D eigenvalue weighted by Crippen LogP contribution is 2.29. The molecule has 2 nitrogen and oxygen atoms in total. The average molecular weight is 258 g/mol. The lowest BCUT2D eigenvalue weighted by atomic mass is 9.87. The van der Waals surface area contributed by atoms with Gasteiger partial charge in [0.15, 0.2) is 0 Å². The van der Waals surface area contributed by atoms with Crippen molar-refractivity contribution in [3.63, 3.8) is 0 Å². The molecule has 1 heterocycles. The van der Waals surface area contributed by atoms with E-state index in [9.17, 15) is 4.79 Å². The van der Waals surface area contributed by atoms with Crippen LogP contribution < -0.4 is 0 Å². The van der Waals surface area contributed by atoms with Gasteiger partial charge in [0.1, 0.15) is 0 Å². The molecule has 0 bridgehead atoms. The van der Waals surface area contributed by atoms with Crippen molar-refractivity contribution in [2.24, 2.45) is 5.92 Å². The molecule has 1 amide bonds. The van der Waals surface area contributed by atoms with Gasteiger partial charge in [0.2, 0.25) is 5.91 Å². The summed E-state index contributed by atoms with van der Waals surface area (Å²) in [6.07, 6.45) is 10.6. The van der Waals surface area contributed by atoms with E-state index in [1.54, 1.807) is 0 Å². The zero-order valence-electron chi connectivity index (χ0n) is 10.7. The topological polar surface area (TPSA) is 20.3 Å². The minimum Gasteiger partial charge on any atom is -0.339 e. The molecule has 1 atom stereocenters. The fraction of sp³-hybridized carbons (Fsp3) is 0.929. The van der Waals surface area contributed by atoms with Crippen molar-refractivity contribution >= 4 is 17.5 Å². The molecule has 3 heteroatoms. The molecule has 0 N–H and O–H groups in total. The lowest BCUT2D eigenvalue weighted by molar-refractivity contribution is -0.140. The Bertz CT molecular complexity index is 249. The molecule has 17 heavy (non-hydrogen) atoms. The van der Waals surface area contributed by atoms with Crippen molar-refractivity contribution in [2.45, 2.75) is 63.8 Å². The fourth-order valence-corrected chi connectivity index (χ4v) is 3.55. The van der Waals surface area contributed by atoms with E-state index in [4.69, 9.17) is 11.6 Å². The molecule has 1 aliphatic carbocycles. The summed E-state index contributed by atoms with van der Waals surface area (Å²) in [5, 5.41) is 0. The van der Waals surface area contributed by atoms with Gasteiger partial charge in [0, 0.05) is 24.4 Å². The van der Waals surface area contributed by atoms with Crippen molar-refractivity contribution in [1.29, 1.82) is 0 Å². The molecule has 1 unspecified atom stereocenters. The first-order valence-electron chi connectivity index (χ1n) is 7.19. The Morgan fingerprint density at radius 3 is 2.47 bits per heavy atom. The van der Waals surface area contributed by atoms with Crippen LogP contribution in [0.25, 0.3) is 0 Å². The average Bonchev–Trinajstić information content (AvgIpc) is 2.40. The van der Waals surface area contributed by atoms with Gasteiger partial charge in [0.05, 0.1) is 0 Å². The van der Waals surface area contributed by atoms with E-state index in [1.807, 2.05) is 0 Å². The lowest BCUT2D eigenvalue weighted by Crippen LogP contribution is -2.47. The van der Waals surface area contributed by atoms with E-state index >= 15 is 0 Å². The molecule has 0 aromatic heterocycles. The molecule has 0 radical (unpaired) electrons. The monoisotopic (exact) mass is 257 g/mol. The Kier molecular flexibility index (Phi) is 5.15. The second kappa shape index (κ2) is 6.63. The van der Waals surface area contributed by atoms with Crippen LogP contribution in [0.3, 0.4) is 0 Å². The second-order valence-corrected chi connectivity index (χ2v) is 5.87. The van der Waals surface area contributed by atoms with E-state index < -0.39 is 0 Å². The number of carbonyl (C=O) groups excluding carboxylic acids is 1. The van der Waals surface area contributed by atoms with Crippen LogP contribution >= 0.6 is 11.6 Å². The molecule has 1 saturated heterocycles. The van der Waals surface area contributed by atoms with Gasteiger partial charge < -0.3 is 4.90 Å². The summed E-state index contributed by atoms with van der Waals surface area (Å²) in [5.74, 6) is 1.43. The zero-order valence-corrected chi connectivity index (χ0v) is 11.4. The minimum atomic E-state index is 0.319. The summed E-state index contributed by atoms with van der Waals surface area (Å²) in [7, 11) is 0. The number of nitrogens with zero attached hydrogens (tertiary/aromatic N) is 1. The molecule has 1 aliphatic heterocycles. The van der Waals surface area contributed by atoms with Crippen molar-refractivity contribution < 1.29 is 4.79 Å². The third-order valence-electron chi connectivity index (χ3n) is 4.31. The highest BCUT2D eigenvalue weighted by Gasteiger charge is 2.31. The van der Waals surface area contributed by atoms with E-state index in [1.165, 1.54) is 32.1 Å². The largest absolute Gasteiger partial charge is 0.339 e.